The lowest BCUT2D eigenvalue weighted by molar-refractivity contribution is 0.409. The summed E-state index contributed by atoms with van der Waals surface area (Å²) in [5, 5.41) is 0. The van der Waals surface area contributed by atoms with Gasteiger partial charge < -0.3 is 9.80 Å². The van der Waals surface area contributed by atoms with Crippen molar-refractivity contribution < 1.29 is 16.8 Å². The SMILES string of the molecule is CN(C(=S)SSC(=S)N(C)C1CCS(=O)(=O)C1)C1CCS(=O)(=O)C1. The Hall–Kier alpha value is 0.380. The van der Waals surface area contributed by atoms with E-state index in [-0.39, 0.29) is 35.1 Å². The first kappa shape index (κ1) is 20.7. The molecule has 0 saturated carbocycles. The molecule has 0 aromatic heterocycles. The highest BCUT2D eigenvalue weighted by Crippen LogP contribution is 2.31. The zero-order valence-electron chi connectivity index (χ0n) is 13.4. The van der Waals surface area contributed by atoms with E-state index in [0.29, 0.717) is 21.5 Å². The molecule has 0 radical (unpaired) electrons. The minimum Gasteiger partial charge on any atom is -0.356 e. The minimum atomic E-state index is -2.95. The molecule has 0 amide bonds. The van der Waals surface area contributed by atoms with Crippen LogP contribution in [0.3, 0.4) is 0 Å². The maximum atomic E-state index is 11.6. The topological polar surface area (TPSA) is 74.8 Å². The van der Waals surface area contributed by atoms with Crippen molar-refractivity contribution in [3.8, 4) is 0 Å². The van der Waals surface area contributed by atoms with Gasteiger partial charge in [-0.3, -0.25) is 0 Å². The van der Waals surface area contributed by atoms with Crippen LogP contribution in [0.4, 0.5) is 0 Å². The van der Waals surface area contributed by atoms with E-state index in [1.165, 1.54) is 21.6 Å². The molecule has 2 heterocycles. The molecule has 0 bridgehead atoms. The fraction of sp³-hybridized carbons (Fsp3) is 0.833. The standard InChI is InChI=1S/C12H20N2O4S6/c1-13(9-3-5-23(15,16)7-9)11(19)21-22-12(20)14(2)10-4-6-24(17,18)8-10/h9-10H,3-8H2,1-2H3. The Labute approximate surface area is 162 Å². The Bertz CT molecular complexity index is 658. The summed E-state index contributed by atoms with van der Waals surface area (Å²) in [6.45, 7) is 0. The van der Waals surface area contributed by atoms with Crippen LogP contribution in [0.15, 0.2) is 0 Å². The first-order chi connectivity index (χ1) is 11.0. The minimum absolute atomic E-state index is 0.0816. The van der Waals surface area contributed by atoms with Gasteiger partial charge in [-0.25, -0.2) is 16.8 Å². The predicted octanol–water partition coefficient (Wildman–Crippen LogP) is 1.18. The van der Waals surface area contributed by atoms with Crippen LogP contribution in [0.2, 0.25) is 0 Å². The first-order valence-electron chi connectivity index (χ1n) is 7.30. The molecule has 12 heteroatoms. The molecule has 0 spiro atoms. The highest BCUT2D eigenvalue weighted by atomic mass is 33.1. The molecule has 2 fully saturated rings. The van der Waals surface area contributed by atoms with Crippen LogP contribution in [-0.4, -0.2) is 84.5 Å². The smallest absolute Gasteiger partial charge is 0.152 e. The van der Waals surface area contributed by atoms with Gasteiger partial charge in [-0.2, -0.15) is 0 Å². The van der Waals surface area contributed by atoms with Crippen LogP contribution in [0.25, 0.3) is 0 Å². The van der Waals surface area contributed by atoms with Gasteiger partial charge in [0.25, 0.3) is 0 Å². The van der Waals surface area contributed by atoms with Gasteiger partial charge in [-0.1, -0.05) is 24.4 Å². The molecule has 24 heavy (non-hydrogen) atoms. The Morgan fingerprint density at radius 3 is 1.42 bits per heavy atom. The second-order valence-corrected chi connectivity index (χ2v) is 13.9. The van der Waals surface area contributed by atoms with Crippen LogP contribution in [-0.2, 0) is 19.7 Å². The van der Waals surface area contributed by atoms with E-state index in [0.717, 1.165) is 0 Å². The maximum Gasteiger partial charge on any atom is 0.152 e. The summed E-state index contributed by atoms with van der Waals surface area (Å²) in [5.41, 5.74) is 0. The van der Waals surface area contributed by atoms with E-state index in [9.17, 15) is 16.8 Å². The number of sulfone groups is 2. The Kier molecular flexibility index (Phi) is 6.85. The van der Waals surface area contributed by atoms with Crippen molar-refractivity contribution in [2.75, 3.05) is 37.1 Å². The van der Waals surface area contributed by atoms with Crippen LogP contribution in [0.5, 0.6) is 0 Å². The van der Waals surface area contributed by atoms with Gasteiger partial charge >= 0.3 is 0 Å². The van der Waals surface area contributed by atoms with E-state index in [1.807, 2.05) is 9.80 Å². The lowest BCUT2D eigenvalue weighted by atomic mass is 10.2. The van der Waals surface area contributed by atoms with Crippen molar-refractivity contribution in [3.05, 3.63) is 0 Å². The van der Waals surface area contributed by atoms with E-state index in [1.54, 1.807) is 14.1 Å². The maximum absolute atomic E-state index is 11.6. The van der Waals surface area contributed by atoms with Gasteiger partial charge in [0.15, 0.2) is 19.7 Å². The molecular weight excluding hydrogens is 429 g/mol. The highest BCUT2D eigenvalue weighted by molar-refractivity contribution is 8.89. The molecular formula is C12H20N2O4S6. The molecule has 2 unspecified atom stereocenters. The largest absolute Gasteiger partial charge is 0.356 e. The van der Waals surface area contributed by atoms with Crippen molar-refractivity contribution in [2.45, 2.75) is 24.9 Å². The average Bonchev–Trinajstić information content (AvgIpc) is 3.04. The van der Waals surface area contributed by atoms with E-state index < -0.39 is 19.7 Å². The number of nitrogens with zero attached hydrogens (tertiary/aromatic N) is 2. The molecule has 2 aliphatic rings. The monoisotopic (exact) mass is 448 g/mol. The zero-order chi connectivity index (χ0) is 18.1. The lowest BCUT2D eigenvalue weighted by Crippen LogP contribution is -2.36. The van der Waals surface area contributed by atoms with Crippen LogP contribution in [0, 0.1) is 0 Å². The lowest BCUT2D eigenvalue weighted by Gasteiger charge is -2.27. The molecule has 2 rings (SSSR count). The molecule has 2 saturated heterocycles. The normalized spacial score (nSPS) is 27.8. The summed E-state index contributed by atoms with van der Waals surface area (Å²) >= 11 is 10.7. The molecule has 138 valence electrons. The van der Waals surface area contributed by atoms with Crippen molar-refractivity contribution in [2.24, 2.45) is 0 Å². The van der Waals surface area contributed by atoms with Gasteiger partial charge in [0.05, 0.1) is 23.0 Å². The molecule has 0 aromatic carbocycles. The highest BCUT2D eigenvalue weighted by Gasteiger charge is 2.33. The van der Waals surface area contributed by atoms with Crippen molar-refractivity contribution in [1.29, 1.82) is 0 Å². The molecule has 2 aliphatic heterocycles. The van der Waals surface area contributed by atoms with E-state index >= 15 is 0 Å². The van der Waals surface area contributed by atoms with Gasteiger partial charge in [0.1, 0.15) is 8.64 Å². The fourth-order valence-electron chi connectivity index (χ4n) is 2.65. The van der Waals surface area contributed by atoms with Crippen molar-refractivity contribution in [3.63, 3.8) is 0 Å². The summed E-state index contributed by atoms with van der Waals surface area (Å²) in [7, 11) is 0.335. The van der Waals surface area contributed by atoms with E-state index in [4.69, 9.17) is 24.4 Å². The molecule has 0 N–H and O–H groups in total. The number of hydrogen-bond acceptors (Lipinski definition) is 8. The second-order valence-electron chi connectivity index (χ2n) is 6.03. The fourth-order valence-corrected chi connectivity index (χ4v) is 8.92. The third-order valence-corrected chi connectivity index (χ3v) is 11.6. The summed E-state index contributed by atoms with van der Waals surface area (Å²) in [6, 6.07) is -0.163. The van der Waals surface area contributed by atoms with Crippen LogP contribution >= 0.6 is 46.0 Å². The van der Waals surface area contributed by atoms with Crippen molar-refractivity contribution in [1.82, 2.24) is 9.80 Å². The first-order valence-corrected chi connectivity index (χ1v) is 13.9. The van der Waals surface area contributed by atoms with Crippen LogP contribution in [0.1, 0.15) is 12.8 Å². The number of hydrogen-bond donors (Lipinski definition) is 0. The molecule has 0 aromatic rings. The second kappa shape index (κ2) is 7.95. The summed E-state index contributed by atoms with van der Waals surface area (Å²) in [4.78, 5) is 3.64. The van der Waals surface area contributed by atoms with Gasteiger partial charge in [0.2, 0.25) is 0 Å². The quantitative estimate of drug-likeness (QED) is 0.454. The van der Waals surface area contributed by atoms with Gasteiger partial charge in [-0.05, 0) is 34.4 Å². The summed E-state index contributed by atoms with van der Waals surface area (Å²) in [6.07, 6.45) is 1.18. The van der Waals surface area contributed by atoms with Crippen LogP contribution < -0.4 is 0 Å². The Balaban J connectivity index is 1.82. The third-order valence-electron chi connectivity index (χ3n) is 4.27. The van der Waals surface area contributed by atoms with Crippen molar-refractivity contribution >= 4 is 74.3 Å². The summed E-state index contributed by atoms with van der Waals surface area (Å²) in [5.74, 6) is 0.692. The summed E-state index contributed by atoms with van der Waals surface area (Å²) < 4.78 is 47.4. The molecule has 0 aliphatic carbocycles. The van der Waals surface area contributed by atoms with E-state index in [2.05, 4.69) is 0 Å². The molecule has 2 atom stereocenters. The predicted molar refractivity (Wildman–Crippen MR) is 110 cm³/mol. The average molecular weight is 449 g/mol. The number of thiocarbonyl (C=S) groups is 2. The Morgan fingerprint density at radius 2 is 1.17 bits per heavy atom. The van der Waals surface area contributed by atoms with Gasteiger partial charge in [-0.15, -0.1) is 0 Å². The third kappa shape index (κ3) is 5.44. The number of rotatable bonds is 2. The molecule has 6 nitrogen and oxygen atoms in total. The Morgan fingerprint density at radius 1 is 0.833 bits per heavy atom. The van der Waals surface area contributed by atoms with Gasteiger partial charge in [0, 0.05) is 26.2 Å². The zero-order valence-corrected chi connectivity index (χ0v) is 18.3.